The average molecular weight is 246 g/mol. The van der Waals surface area contributed by atoms with Crippen molar-refractivity contribution in [2.75, 3.05) is 13.6 Å². The van der Waals surface area contributed by atoms with E-state index in [9.17, 15) is 4.79 Å². The molecule has 1 amide bonds. The first kappa shape index (κ1) is 13.1. The number of carbonyl (C=O) groups is 1. The number of aryl methyl sites for hydroxylation is 1. The number of carbonyl (C=O) groups excluding carboxylic acids is 1. The van der Waals surface area contributed by atoms with Gasteiger partial charge in [-0.15, -0.1) is 0 Å². The van der Waals surface area contributed by atoms with Gasteiger partial charge < -0.3 is 10.2 Å². The smallest absolute Gasteiger partial charge is 0.240 e. The van der Waals surface area contributed by atoms with Crippen LogP contribution in [0.15, 0.2) is 30.3 Å². The molecule has 2 atom stereocenters. The van der Waals surface area contributed by atoms with Crippen molar-refractivity contribution in [3.8, 4) is 0 Å². The van der Waals surface area contributed by atoms with Gasteiger partial charge in [0.25, 0.3) is 0 Å². The second-order valence-electron chi connectivity index (χ2n) is 5.03. The number of likely N-dealkylation sites (N-methyl/N-ethyl adjacent to an activating group) is 1. The second kappa shape index (κ2) is 6.01. The molecule has 18 heavy (non-hydrogen) atoms. The van der Waals surface area contributed by atoms with Crippen LogP contribution < -0.4 is 5.32 Å². The Hall–Kier alpha value is -1.35. The van der Waals surface area contributed by atoms with E-state index in [1.807, 2.05) is 18.0 Å². The molecule has 3 heteroatoms. The van der Waals surface area contributed by atoms with E-state index in [1.165, 1.54) is 5.56 Å². The van der Waals surface area contributed by atoms with Crippen molar-refractivity contribution in [1.29, 1.82) is 0 Å². The molecule has 0 aromatic heterocycles. The van der Waals surface area contributed by atoms with E-state index in [0.29, 0.717) is 6.04 Å². The summed E-state index contributed by atoms with van der Waals surface area (Å²) in [6, 6.07) is 10.8. The summed E-state index contributed by atoms with van der Waals surface area (Å²) in [4.78, 5) is 14.1. The van der Waals surface area contributed by atoms with E-state index in [0.717, 1.165) is 25.8 Å². The van der Waals surface area contributed by atoms with Gasteiger partial charge in [-0.3, -0.25) is 4.79 Å². The number of likely N-dealkylation sites (tertiary alicyclic amines) is 1. The molecule has 1 N–H and O–H groups in total. The molecule has 0 saturated carbocycles. The Kier molecular flexibility index (Phi) is 4.37. The van der Waals surface area contributed by atoms with Gasteiger partial charge in [-0.1, -0.05) is 30.3 Å². The Balaban J connectivity index is 1.85. The van der Waals surface area contributed by atoms with Gasteiger partial charge in [0.15, 0.2) is 0 Å². The fourth-order valence-corrected chi connectivity index (χ4v) is 2.58. The molecule has 1 aromatic carbocycles. The fraction of sp³-hybridized carbons (Fsp3) is 0.533. The van der Waals surface area contributed by atoms with Gasteiger partial charge in [0.05, 0.1) is 6.04 Å². The Morgan fingerprint density at radius 2 is 2.11 bits per heavy atom. The van der Waals surface area contributed by atoms with Gasteiger partial charge in [-0.2, -0.15) is 0 Å². The molecule has 1 aliphatic rings. The number of nitrogens with one attached hydrogen (secondary N) is 1. The molecule has 1 aromatic rings. The Morgan fingerprint density at radius 1 is 1.39 bits per heavy atom. The molecule has 1 fully saturated rings. The molecule has 1 aliphatic heterocycles. The lowest BCUT2D eigenvalue weighted by atomic mass is 10.1. The van der Waals surface area contributed by atoms with Gasteiger partial charge in [-0.25, -0.2) is 0 Å². The number of hydrogen-bond acceptors (Lipinski definition) is 2. The SMILES string of the molecule is CNC1CCN(C(C)CCc2ccccc2)C1=O. The van der Waals surface area contributed by atoms with E-state index >= 15 is 0 Å². The predicted molar refractivity (Wildman–Crippen MR) is 73.4 cm³/mol. The van der Waals surface area contributed by atoms with Crippen LogP contribution in [-0.2, 0) is 11.2 Å². The summed E-state index contributed by atoms with van der Waals surface area (Å²) in [6.07, 6.45) is 3.01. The minimum Gasteiger partial charge on any atom is -0.339 e. The first-order valence-corrected chi connectivity index (χ1v) is 6.74. The highest BCUT2D eigenvalue weighted by Crippen LogP contribution is 2.17. The Labute approximate surface area is 109 Å². The van der Waals surface area contributed by atoms with Crippen LogP contribution in [0.2, 0.25) is 0 Å². The van der Waals surface area contributed by atoms with Crippen LogP contribution in [0.25, 0.3) is 0 Å². The minimum absolute atomic E-state index is 0.0316. The van der Waals surface area contributed by atoms with Crippen molar-refractivity contribution in [2.45, 2.75) is 38.3 Å². The number of benzene rings is 1. The lowest BCUT2D eigenvalue weighted by Crippen LogP contribution is -2.40. The lowest BCUT2D eigenvalue weighted by Gasteiger charge is -2.24. The number of nitrogens with zero attached hydrogens (tertiary/aromatic N) is 1. The van der Waals surface area contributed by atoms with Gasteiger partial charge in [0, 0.05) is 12.6 Å². The lowest BCUT2D eigenvalue weighted by molar-refractivity contribution is -0.131. The normalized spacial score (nSPS) is 21.3. The van der Waals surface area contributed by atoms with E-state index in [-0.39, 0.29) is 11.9 Å². The molecule has 2 unspecified atom stereocenters. The molecule has 0 aliphatic carbocycles. The molecule has 98 valence electrons. The van der Waals surface area contributed by atoms with E-state index in [4.69, 9.17) is 0 Å². The summed E-state index contributed by atoms with van der Waals surface area (Å²) in [7, 11) is 1.86. The molecule has 1 heterocycles. The van der Waals surface area contributed by atoms with Crippen molar-refractivity contribution in [3.05, 3.63) is 35.9 Å². The third kappa shape index (κ3) is 2.91. The van der Waals surface area contributed by atoms with Crippen molar-refractivity contribution < 1.29 is 4.79 Å². The molecule has 3 nitrogen and oxygen atoms in total. The highest BCUT2D eigenvalue weighted by Gasteiger charge is 2.32. The van der Waals surface area contributed by atoms with Gasteiger partial charge in [-0.05, 0) is 38.8 Å². The third-order valence-electron chi connectivity index (χ3n) is 3.81. The van der Waals surface area contributed by atoms with Gasteiger partial charge in [0.1, 0.15) is 0 Å². The van der Waals surface area contributed by atoms with Crippen molar-refractivity contribution in [1.82, 2.24) is 10.2 Å². The summed E-state index contributed by atoms with van der Waals surface area (Å²) >= 11 is 0. The minimum atomic E-state index is 0.0316. The standard InChI is InChI=1S/C15H22N2O/c1-12(8-9-13-6-4-3-5-7-13)17-11-10-14(16-2)15(17)18/h3-7,12,14,16H,8-11H2,1-2H3. The second-order valence-corrected chi connectivity index (χ2v) is 5.03. The van der Waals surface area contributed by atoms with Crippen LogP contribution in [-0.4, -0.2) is 36.5 Å². The summed E-state index contributed by atoms with van der Waals surface area (Å²) < 4.78 is 0. The Morgan fingerprint density at radius 3 is 2.72 bits per heavy atom. The highest BCUT2D eigenvalue weighted by molar-refractivity contribution is 5.84. The van der Waals surface area contributed by atoms with Gasteiger partial charge in [0.2, 0.25) is 5.91 Å². The number of amides is 1. The predicted octanol–water partition coefficient (Wildman–Crippen LogP) is 1.83. The summed E-state index contributed by atoms with van der Waals surface area (Å²) in [6.45, 7) is 3.04. The van der Waals surface area contributed by atoms with Crippen LogP contribution >= 0.6 is 0 Å². The zero-order chi connectivity index (χ0) is 13.0. The quantitative estimate of drug-likeness (QED) is 0.859. The average Bonchev–Trinajstić information content (AvgIpc) is 2.78. The molecule has 0 bridgehead atoms. The largest absolute Gasteiger partial charge is 0.339 e. The first-order valence-electron chi connectivity index (χ1n) is 6.74. The maximum absolute atomic E-state index is 12.1. The molecule has 0 spiro atoms. The summed E-state index contributed by atoms with van der Waals surface area (Å²) in [5.41, 5.74) is 1.35. The van der Waals surface area contributed by atoms with Crippen molar-refractivity contribution >= 4 is 5.91 Å². The molecule has 0 radical (unpaired) electrons. The Bertz CT molecular complexity index is 391. The van der Waals surface area contributed by atoms with Crippen molar-refractivity contribution in [3.63, 3.8) is 0 Å². The van der Waals surface area contributed by atoms with Crippen LogP contribution in [0.1, 0.15) is 25.3 Å². The first-order chi connectivity index (χ1) is 8.72. The number of hydrogen-bond donors (Lipinski definition) is 1. The molecule has 2 rings (SSSR count). The van der Waals surface area contributed by atoms with Crippen LogP contribution in [0.3, 0.4) is 0 Å². The third-order valence-corrected chi connectivity index (χ3v) is 3.81. The molecular formula is C15H22N2O. The molecular weight excluding hydrogens is 224 g/mol. The highest BCUT2D eigenvalue weighted by atomic mass is 16.2. The monoisotopic (exact) mass is 246 g/mol. The van der Waals surface area contributed by atoms with Crippen LogP contribution in [0.5, 0.6) is 0 Å². The maximum Gasteiger partial charge on any atom is 0.240 e. The van der Waals surface area contributed by atoms with E-state index in [1.54, 1.807) is 0 Å². The zero-order valence-electron chi connectivity index (χ0n) is 11.2. The van der Waals surface area contributed by atoms with E-state index < -0.39 is 0 Å². The fourth-order valence-electron chi connectivity index (χ4n) is 2.58. The number of rotatable bonds is 5. The topological polar surface area (TPSA) is 32.3 Å². The summed E-state index contributed by atoms with van der Waals surface area (Å²) in [5.74, 6) is 0.262. The zero-order valence-corrected chi connectivity index (χ0v) is 11.2. The van der Waals surface area contributed by atoms with Crippen LogP contribution in [0.4, 0.5) is 0 Å². The van der Waals surface area contributed by atoms with Gasteiger partial charge >= 0.3 is 0 Å². The molecule has 1 saturated heterocycles. The van der Waals surface area contributed by atoms with Crippen LogP contribution in [0, 0.1) is 0 Å². The summed E-state index contributed by atoms with van der Waals surface area (Å²) in [5, 5.41) is 3.08. The maximum atomic E-state index is 12.1. The van der Waals surface area contributed by atoms with Crippen molar-refractivity contribution in [2.24, 2.45) is 0 Å². The van der Waals surface area contributed by atoms with E-state index in [2.05, 4.69) is 36.5 Å².